The quantitative estimate of drug-likeness (QED) is 0.697. The van der Waals surface area contributed by atoms with Crippen LogP contribution in [0.15, 0.2) is 21.6 Å². The Morgan fingerprint density at radius 1 is 1.50 bits per heavy atom. The first-order valence-corrected chi connectivity index (χ1v) is 5.84. The van der Waals surface area contributed by atoms with Crippen molar-refractivity contribution in [1.29, 1.82) is 0 Å². The first kappa shape index (κ1) is 13.5. The van der Waals surface area contributed by atoms with Crippen LogP contribution in [0.4, 0.5) is 0 Å². The van der Waals surface area contributed by atoms with Crippen molar-refractivity contribution in [3.05, 3.63) is 21.6 Å². The van der Waals surface area contributed by atoms with E-state index in [4.69, 9.17) is 2.85 Å². The SMILES string of the molecule is C[O][Hf][C]1=CC=CC1.Cl.Cl. The van der Waals surface area contributed by atoms with Crippen molar-refractivity contribution in [3.8, 4) is 0 Å². The van der Waals surface area contributed by atoms with Gasteiger partial charge in [-0.2, -0.15) is 0 Å². The molecular weight excluding hydrogens is 337 g/mol. The van der Waals surface area contributed by atoms with E-state index in [1.54, 1.807) is 3.33 Å². The van der Waals surface area contributed by atoms with Crippen molar-refractivity contribution in [1.82, 2.24) is 0 Å². The van der Waals surface area contributed by atoms with Crippen LogP contribution in [0.1, 0.15) is 6.42 Å². The van der Waals surface area contributed by atoms with Gasteiger partial charge in [0.05, 0.1) is 0 Å². The molecule has 0 aromatic carbocycles. The van der Waals surface area contributed by atoms with Crippen LogP contribution in [0.3, 0.4) is 0 Å². The van der Waals surface area contributed by atoms with E-state index in [9.17, 15) is 0 Å². The van der Waals surface area contributed by atoms with Crippen molar-refractivity contribution < 1.29 is 26.2 Å². The topological polar surface area (TPSA) is 9.23 Å². The van der Waals surface area contributed by atoms with Crippen molar-refractivity contribution in [2.75, 3.05) is 7.11 Å². The first-order valence-electron chi connectivity index (χ1n) is 2.58. The van der Waals surface area contributed by atoms with Crippen molar-refractivity contribution in [2.45, 2.75) is 6.42 Å². The van der Waals surface area contributed by atoms with E-state index in [0.29, 0.717) is 0 Å². The molecular formula is C6H10Cl2HfO. The van der Waals surface area contributed by atoms with Gasteiger partial charge in [0.15, 0.2) is 0 Å². The number of halogens is 2. The minimum Gasteiger partial charge on any atom is -0.147 e. The van der Waals surface area contributed by atoms with E-state index in [1.165, 1.54) is 0 Å². The van der Waals surface area contributed by atoms with E-state index >= 15 is 0 Å². The summed E-state index contributed by atoms with van der Waals surface area (Å²) in [6.45, 7) is 0. The molecule has 0 aliphatic heterocycles. The second-order valence-electron chi connectivity index (χ2n) is 1.63. The Morgan fingerprint density at radius 2 is 2.20 bits per heavy atom. The maximum absolute atomic E-state index is 5.11. The minimum absolute atomic E-state index is 0. The molecule has 0 bridgehead atoms. The van der Waals surface area contributed by atoms with Gasteiger partial charge in [0.1, 0.15) is 0 Å². The van der Waals surface area contributed by atoms with E-state index in [2.05, 4.69) is 18.2 Å². The maximum Gasteiger partial charge on any atom is -0.147 e. The molecule has 0 aromatic heterocycles. The molecule has 58 valence electrons. The van der Waals surface area contributed by atoms with Crippen LogP contribution < -0.4 is 0 Å². The first-order chi connectivity index (χ1) is 3.93. The summed E-state index contributed by atoms with van der Waals surface area (Å²) < 4.78 is 6.67. The summed E-state index contributed by atoms with van der Waals surface area (Å²) in [5.41, 5.74) is 0. The van der Waals surface area contributed by atoms with E-state index in [0.717, 1.165) is 6.42 Å². The Hall–Kier alpha value is 0.890. The fourth-order valence-electron chi connectivity index (χ4n) is 0.654. The van der Waals surface area contributed by atoms with Crippen LogP contribution in [0, 0.1) is 0 Å². The molecule has 10 heavy (non-hydrogen) atoms. The molecule has 0 unspecified atom stereocenters. The van der Waals surface area contributed by atoms with Crippen molar-refractivity contribution in [2.24, 2.45) is 0 Å². The van der Waals surface area contributed by atoms with Gasteiger partial charge in [-0.05, 0) is 0 Å². The van der Waals surface area contributed by atoms with Gasteiger partial charge in [-0.15, -0.1) is 24.8 Å². The number of allylic oxidation sites excluding steroid dienone is 4. The Kier molecular flexibility index (Phi) is 10.8. The largest absolute Gasteiger partial charge is 0.147 e. The van der Waals surface area contributed by atoms with Gasteiger partial charge < -0.3 is 0 Å². The van der Waals surface area contributed by atoms with Crippen LogP contribution in [0.2, 0.25) is 0 Å². The van der Waals surface area contributed by atoms with Crippen molar-refractivity contribution >= 4 is 24.8 Å². The Bertz CT molecular complexity index is 134. The molecule has 0 aromatic rings. The fourth-order valence-corrected chi connectivity index (χ4v) is 2.91. The predicted octanol–water partition coefficient (Wildman–Crippen LogP) is 2.32. The average molecular weight is 348 g/mol. The molecule has 1 aliphatic rings. The third kappa shape index (κ3) is 4.67. The Balaban J connectivity index is 0. The van der Waals surface area contributed by atoms with Gasteiger partial charge in [0.2, 0.25) is 0 Å². The number of hydrogen-bond donors (Lipinski definition) is 0. The molecule has 1 rings (SSSR count). The van der Waals surface area contributed by atoms with Crippen LogP contribution in [-0.2, 0) is 26.2 Å². The molecule has 0 heterocycles. The average Bonchev–Trinajstić information content (AvgIpc) is 2.19. The summed E-state index contributed by atoms with van der Waals surface area (Å²) >= 11 is -0.738. The zero-order chi connectivity index (χ0) is 5.82. The third-order valence-corrected chi connectivity index (χ3v) is 4.01. The fraction of sp³-hybridized carbons (Fsp3) is 0.333. The number of hydrogen-bond acceptors (Lipinski definition) is 1. The van der Waals surface area contributed by atoms with Gasteiger partial charge in [0, 0.05) is 0 Å². The third-order valence-electron chi connectivity index (χ3n) is 1.00. The summed E-state index contributed by atoms with van der Waals surface area (Å²) in [5, 5.41) is 0. The second-order valence-corrected chi connectivity index (χ2v) is 6.14. The normalized spacial score (nSPS) is 13.1. The molecule has 0 saturated heterocycles. The molecule has 0 radical (unpaired) electrons. The molecule has 0 spiro atoms. The van der Waals surface area contributed by atoms with Gasteiger partial charge in [0.25, 0.3) is 0 Å². The molecule has 0 fully saturated rings. The second kappa shape index (κ2) is 7.99. The summed E-state index contributed by atoms with van der Waals surface area (Å²) in [6.07, 6.45) is 7.65. The Labute approximate surface area is 85.7 Å². The summed E-state index contributed by atoms with van der Waals surface area (Å²) in [4.78, 5) is 0. The van der Waals surface area contributed by atoms with Crippen molar-refractivity contribution in [3.63, 3.8) is 0 Å². The standard InChI is InChI=1S/C5H5.CH3O.2ClH.Hf/c1-2-4-5-3-1;1-2;;;/h1-3H,4H2;1H3;2*1H;/q;-1;;;+1. The van der Waals surface area contributed by atoms with E-state index < -0.39 is 23.3 Å². The molecule has 0 N–H and O–H groups in total. The van der Waals surface area contributed by atoms with Gasteiger partial charge in [-0.1, -0.05) is 0 Å². The minimum atomic E-state index is -0.738. The van der Waals surface area contributed by atoms with Crippen LogP contribution in [-0.4, -0.2) is 7.11 Å². The summed E-state index contributed by atoms with van der Waals surface area (Å²) in [7, 11) is 1.81. The van der Waals surface area contributed by atoms with E-state index in [1.807, 2.05) is 7.11 Å². The zero-order valence-corrected chi connectivity index (χ0v) is 10.9. The molecule has 0 saturated carbocycles. The van der Waals surface area contributed by atoms with Crippen LogP contribution in [0.5, 0.6) is 0 Å². The molecule has 1 aliphatic carbocycles. The van der Waals surface area contributed by atoms with Crippen LogP contribution in [0.25, 0.3) is 0 Å². The number of rotatable bonds is 2. The van der Waals surface area contributed by atoms with Gasteiger partial charge >= 0.3 is 61.3 Å². The van der Waals surface area contributed by atoms with Gasteiger partial charge in [-0.3, -0.25) is 0 Å². The molecule has 4 heteroatoms. The molecule has 0 amide bonds. The maximum atomic E-state index is 5.11. The van der Waals surface area contributed by atoms with Gasteiger partial charge in [-0.25, -0.2) is 0 Å². The summed E-state index contributed by atoms with van der Waals surface area (Å²) in [6, 6.07) is 0. The molecule has 0 atom stereocenters. The van der Waals surface area contributed by atoms with Crippen LogP contribution >= 0.6 is 24.8 Å². The monoisotopic (exact) mass is 348 g/mol. The summed E-state index contributed by atoms with van der Waals surface area (Å²) in [5.74, 6) is 0. The smallest absolute Gasteiger partial charge is 0.147 e. The zero-order valence-electron chi connectivity index (χ0n) is 5.66. The Morgan fingerprint density at radius 3 is 2.60 bits per heavy atom. The predicted molar refractivity (Wildman–Crippen MR) is 43.3 cm³/mol. The molecule has 1 nitrogen and oxygen atoms in total. The van der Waals surface area contributed by atoms with E-state index in [-0.39, 0.29) is 24.8 Å².